The molecule has 0 radical (unpaired) electrons. The van der Waals surface area contributed by atoms with Crippen LogP contribution < -0.4 is 0 Å². The molecule has 68 valence electrons. The molecule has 0 bridgehead atoms. The Morgan fingerprint density at radius 3 is 2.33 bits per heavy atom. The van der Waals surface area contributed by atoms with Crippen LogP contribution in [0, 0.1) is 0 Å². The molecule has 0 fully saturated rings. The average molecular weight is 190 g/mol. The van der Waals surface area contributed by atoms with Crippen molar-refractivity contribution < 1.29 is 18.9 Å². The summed E-state index contributed by atoms with van der Waals surface area (Å²) < 4.78 is 15.8. The van der Waals surface area contributed by atoms with Crippen LogP contribution in [0.4, 0.5) is 0 Å². The van der Waals surface area contributed by atoms with Gasteiger partial charge in [0.1, 0.15) is 0 Å². The Morgan fingerprint density at radius 2 is 2.08 bits per heavy atom. The molecule has 0 atom stereocenters. The Hall–Kier alpha value is -0.920. The molecule has 0 saturated heterocycles. The zero-order valence-corrected chi connectivity index (χ0v) is 8.17. The van der Waals surface area contributed by atoms with Gasteiger partial charge in [0.2, 0.25) is 0 Å². The van der Waals surface area contributed by atoms with Gasteiger partial charge in [0.15, 0.2) is 7.14 Å². The topological polar surface area (TPSA) is 79.8 Å². The summed E-state index contributed by atoms with van der Waals surface area (Å²) in [5.74, 6) is -0.826. The molecule has 0 spiro atoms. The van der Waals surface area contributed by atoms with Crippen molar-refractivity contribution >= 4 is 18.6 Å². The highest BCUT2D eigenvalue weighted by molar-refractivity contribution is 7.81. The van der Waals surface area contributed by atoms with E-state index >= 15 is 0 Å². The Kier molecular flexibility index (Phi) is 3.87. The van der Waals surface area contributed by atoms with E-state index in [1.54, 1.807) is 6.92 Å². The third-order valence-electron chi connectivity index (χ3n) is 1.06. The van der Waals surface area contributed by atoms with Crippen LogP contribution in [0.5, 0.6) is 0 Å². The van der Waals surface area contributed by atoms with E-state index in [9.17, 15) is 9.36 Å². The van der Waals surface area contributed by atoms with Gasteiger partial charge in [0.05, 0.1) is 6.61 Å². The zero-order chi connectivity index (χ0) is 9.78. The first-order chi connectivity index (χ1) is 5.43. The van der Waals surface area contributed by atoms with E-state index in [0.717, 1.165) is 0 Å². The molecule has 0 aromatic rings. The van der Waals surface area contributed by atoms with Gasteiger partial charge in [-0.05, 0) is 6.92 Å². The summed E-state index contributed by atoms with van der Waals surface area (Å²) in [4.78, 5) is 13.6. The van der Waals surface area contributed by atoms with Crippen molar-refractivity contribution in [2.75, 3.05) is 19.9 Å². The Balaban J connectivity index is 4.74. The first-order valence-electron chi connectivity index (χ1n) is 3.38. The predicted octanol–water partition coefficient (Wildman–Crippen LogP) is 0.800. The normalized spacial score (nSPS) is 10.2. The van der Waals surface area contributed by atoms with Crippen molar-refractivity contribution in [1.82, 2.24) is 0 Å². The average Bonchev–Trinajstić information content (AvgIpc) is 1.85. The quantitative estimate of drug-likeness (QED) is 0.217. The second-order valence-corrected chi connectivity index (χ2v) is 5.62. The predicted molar refractivity (Wildman–Crippen MR) is 44.7 cm³/mol. The van der Waals surface area contributed by atoms with Crippen LogP contribution >= 0.6 is 7.14 Å². The summed E-state index contributed by atoms with van der Waals surface area (Å²) in [6.07, 6.45) is 0. The van der Waals surface area contributed by atoms with Crippen LogP contribution in [-0.4, -0.2) is 36.1 Å². The Labute approximate surface area is 70.7 Å². The van der Waals surface area contributed by atoms with E-state index in [1.165, 1.54) is 13.3 Å². The molecule has 12 heavy (non-hydrogen) atoms. The first kappa shape index (κ1) is 11.1. The molecule has 5 nitrogen and oxygen atoms in total. The van der Waals surface area contributed by atoms with E-state index in [-0.39, 0.29) is 6.61 Å². The van der Waals surface area contributed by atoms with Crippen molar-refractivity contribution in [3.05, 3.63) is 5.53 Å². The van der Waals surface area contributed by atoms with Gasteiger partial charge in [-0.15, -0.1) is 0 Å². The SMILES string of the molecule is CCOC(=O)C(=[N+]=[N-])P(C)(C)=O. The standard InChI is InChI=1S/C6H11N2O3P/c1-4-11-6(9)5(8-7)12(2,3)10/h4H2,1-3H3. The smallest absolute Gasteiger partial charge is 0.429 e. The number of rotatable bonds is 3. The Morgan fingerprint density at radius 1 is 1.58 bits per heavy atom. The molecule has 0 heterocycles. The molecular weight excluding hydrogens is 179 g/mol. The summed E-state index contributed by atoms with van der Waals surface area (Å²) in [5.41, 5.74) is 7.97. The van der Waals surface area contributed by atoms with Gasteiger partial charge in [-0.1, -0.05) is 0 Å². The minimum Gasteiger partial charge on any atom is -0.457 e. The fourth-order valence-corrected chi connectivity index (χ4v) is 1.28. The molecule has 0 aromatic heterocycles. The summed E-state index contributed by atoms with van der Waals surface area (Å²) in [6, 6.07) is 0. The lowest BCUT2D eigenvalue weighted by atomic mass is 10.7. The van der Waals surface area contributed by atoms with Crippen molar-refractivity contribution in [3.8, 4) is 0 Å². The number of hydrogen-bond acceptors (Lipinski definition) is 3. The molecular formula is C6H11N2O3P. The highest BCUT2D eigenvalue weighted by atomic mass is 31.2. The lowest BCUT2D eigenvalue weighted by Gasteiger charge is -1.99. The van der Waals surface area contributed by atoms with Crippen LogP contribution in [0.2, 0.25) is 0 Å². The molecule has 0 aliphatic heterocycles. The van der Waals surface area contributed by atoms with Crippen LogP contribution in [0.15, 0.2) is 0 Å². The van der Waals surface area contributed by atoms with Crippen molar-refractivity contribution in [3.63, 3.8) is 0 Å². The second kappa shape index (κ2) is 4.19. The Bertz CT molecular complexity index is 275. The summed E-state index contributed by atoms with van der Waals surface area (Å²) in [6.45, 7) is 4.44. The third kappa shape index (κ3) is 2.99. The number of carbonyl (C=O) groups is 1. The maximum atomic E-state index is 11.3. The first-order valence-corrected chi connectivity index (χ1v) is 5.98. The number of hydrogen-bond donors (Lipinski definition) is 0. The minimum absolute atomic E-state index is 0.165. The monoisotopic (exact) mass is 190 g/mol. The van der Waals surface area contributed by atoms with Crippen molar-refractivity contribution in [1.29, 1.82) is 0 Å². The molecule has 0 rings (SSSR count). The fraction of sp³-hybridized carbons (Fsp3) is 0.667. The lowest BCUT2D eigenvalue weighted by molar-refractivity contribution is -0.138. The van der Waals surface area contributed by atoms with Gasteiger partial charge >= 0.3 is 11.4 Å². The van der Waals surface area contributed by atoms with Crippen LogP contribution in [0.3, 0.4) is 0 Å². The highest BCUT2D eigenvalue weighted by Gasteiger charge is 2.34. The molecule has 0 aliphatic carbocycles. The molecule has 0 aliphatic rings. The number of esters is 1. The maximum absolute atomic E-state index is 11.3. The second-order valence-electron chi connectivity index (χ2n) is 2.49. The molecule has 0 aromatic carbocycles. The molecule has 0 saturated carbocycles. The third-order valence-corrected chi connectivity index (χ3v) is 2.35. The van der Waals surface area contributed by atoms with Crippen molar-refractivity contribution in [2.24, 2.45) is 0 Å². The zero-order valence-electron chi connectivity index (χ0n) is 7.27. The fourth-order valence-electron chi connectivity index (χ4n) is 0.564. The molecule has 6 heteroatoms. The summed E-state index contributed by atoms with van der Waals surface area (Å²) in [5, 5.41) is 0. The number of ether oxygens (including phenoxy) is 1. The molecule has 0 N–H and O–H groups in total. The van der Waals surface area contributed by atoms with Gasteiger partial charge in [-0.25, -0.2) is 4.79 Å². The molecule has 0 amide bonds. The van der Waals surface area contributed by atoms with Gasteiger partial charge in [0.25, 0.3) is 0 Å². The maximum Gasteiger partial charge on any atom is 0.429 e. The van der Waals surface area contributed by atoms with Gasteiger partial charge in [-0.2, -0.15) is 4.79 Å². The van der Waals surface area contributed by atoms with Crippen LogP contribution in [-0.2, 0) is 14.1 Å². The molecule has 0 unspecified atom stereocenters. The largest absolute Gasteiger partial charge is 0.457 e. The van der Waals surface area contributed by atoms with Crippen LogP contribution in [0.25, 0.3) is 5.53 Å². The number of nitrogens with zero attached hydrogens (tertiary/aromatic N) is 2. The lowest BCUT2D eigenvalue weighted by Crippen LogP contribution is -2.18. The van der Waals surface area contributed by atoms with E-state index in [1.807, 2.05) is 0 Å². The minimum atomic E-state index is -2.84. The van der Waals surface area contributed by atoms with E-state index < -0.39 is 18.6 Å². The summed E-state index contributed by atoms with van der Waals surface area (Å²) >= 11 is 0. The van der Waals surface area contributed by atoms with E-state index in [2.05, 4.69) is 9.53 Å². The van der Waals surface area contributed by atoms with Crippen LogP contribution in [0.1, 0.15) is 6.92 Å². The van der Waals surface area contributed by atoms with Gasteiger partial charge in [0, 0.05) is 13.3 Å². The highest BCUT2D eigenvalue weighted by Crippen LogP contribution is 2.37. The van der Waals surface area contributed by atoms with E-state index in [0.29, 0.717) is 0 Å². The van der Waals surface area contributed by atoms with Gasteiger partial charge < -0.3 is 14.8 Å². The number of carbonyl (C=O) groups excluding carboxylic acids is 1. The van der Waals surface area contributed by atoms with Crippen molar-refractivity contribution in [2.45, 2.75) is 6.92 Å². The van der Waals surface area contributed by atoms with E-state index in [4.69, 9.17) is 5.53 Å². The summed E-state index contributed by atoms with van der Waals surface area (Å²) in [7, 11) is -2.84. The van der Waals surface area contributed by atoms with Gasteiger partial charge in [-0.3, -0.25) is 0 Å².